The van der Waals surface area contributed by atoms with Crippen molar-refractivity contribution < 1.29 is 0 Å². The van der Waals surface area contributed by atoms with Gasteiger partial charge in [-0.25, -0.2) is 0 Å². The third-order valence-corrected chi connectivity index (χ3v) is 5.23. The van der Waals surface area contributed by atoms with E-state index in [2.05, 4.69) is 83.6 Å². The van der Waals surface area contributed by atoms with Crippen LogP contribution in [-0.4, -0.2) is 6.04 Å². The highest BCUT2D eigenvalue weighted by molar-refractivity contribution is 9.10. The van der Waals surface area contributed by atoms with E-state index in [1.165, 1.54) is 34.0 Å². The Morgan fingerprint density at radius 3 is 2.57 bits per heavy atom. The van der Waals surface area contributed by atoms with Crippen LogP contribution in [0.2, 0.25) is 0 Å². The molecular weight excluding hydrogens is 322 g/mol. The standard InChI is InChI=1S/C19H22BrN/c1-13-6-5-7-15(10-13)16-11-17(12-16)21-14(2)18-8-3-4-9-19(18)20/h3-10,14,16-17,21H,11-12H2,1-2H3/t14-,16?,17?/m0/s1. The van der Waals surface area contributed by atoms with Crippen LogP contribution in [0.5, 0.6) is 0 Å². The molecule has 1 aliphatic rings. The second-order valence-electron chi connectivity index (χ2n) is 6.19. The van der Waals surface area contributed by atoms with Gasteiger partial charge in [0.05, 0.1) is 0 Å². The van der Waals surface area contributed by atoms with Gasteiger partial charge in [-0.1, -0.05) is 64.0 Å². The quantitative estimate of drug-likeness (QED) is 0.788. The van der Waals surface area contributed by atoms with Gasteiger partial charge in [-0.05, 0) is 49.8 Å². The Kier molecular flexibility index (Phi) is 4.46. The summed E-state index contributed by atoms with van der Waals surface area (Å²) >= 11 is 3.64. The van der Waals surface area contributed by atoms with Gasteiger partial charge in [0.2, 0.25) is 0 Å². The number of benzene rings is 2. The Morgan fingerprint density at radius 1 is 1.10 bits per heavy atom. The average molecular weight is 344 g/mol. The van der Waals surface area contributed by atoms with Crippen molar-refractivity contribution >= 4 is 15.9 Å². The molecule has 1 aliphatic carbocycles. The maximum atomic E-state index is 3.76. The molecule has 0 aromatic heterocycles. The maximum Gasteiger partial charge on any atom is 0.0305 e. The van der Waals surface area contributed by atoms with Crippen molar-refractivity contribution in [3.05, 3.63) is 69.7 Å². The van der Waals surface area contributed by atoms with Crippen molar-refractivity contribution in [3.8, 4) is 0 Å². The third-order valence-electron chi connectivity index (χ3n) is 4.51. The summed E-state index contributed by atoms with van der Waals surface area (Å²) in [6, 6.07) is 18.5. The SMILES string of the molecule is Cc1cccc(C2CC(N[C@@H](C)c3ccccc3Br)C2)c1. The highest BCUT2D eigenvalue weighted by Crippen LogP contribution is 2.38. The van der Waals surface area contributed by atoms with Gasteiger partial charge < -0.3 is 5.32 Å². The number of hydrogen-bond acceptors (Lipinski definition) is 1. The molecular formula is C19H22BrN. The van der Waals surface area contributed by atoms with Gasteiger partial charge >= 0.3 is 0 Å². The zero-order chi connectivity index (χ0) is 14.8. The topological polar surface area (TPSA) is 12.0 Å². The normalized spacial score (nSPS) is 22.6. The third kappa shape index (κ3) is 3.38. The smallest absolute Gasteiger partial charge is 0.0305 e. The lowest BCUT2D eigenvalue weighted by Gasteiger charge is -2.38. The fraction of sp³-hybridized carbons (Fsp3) is 0.368. The lowest BCUT2D eigenvalue weighted by molar-refractivity contribution is 0.270. The number of halogens is 1. The summed E-state index contributed by atoms with van der Waals surface area (Å²) in [5.74, 6) is 0.730. The lowest BCUT2D eigenvalue weighted by Crippen LogP contribution is -2.41. The van der Waals surface area contributed by atoms with Crippen LogP contribution in [0.3, 0.4) is 0 Å². The highest BCUT2D eigenvalue weighted by Gasteiger charge is 2.31. The first-order valence-corrected chi connectivity index (χ1v) is 8.50. The summed E-state index contributed by atoms with van der Waals surface area (Å²) in [7, 11) is 0. The molecule has 3 rings (SSSR count). The Balaban J connectivity index is 1.56. The van der Waals surface area contributed by atoms with E-state index < -0.39 is 0 Å². The van der Waals surface area contributed by atoms with E-state index in [0.717, 1.165) is 5.92 Å². The summed E-state index contributed by atoms with van der Waals surface area (Å²) in [6.45, 7) is 4.42. The zero-order valence-electron chi connectivity index (χ0n) is 12.6. The van der Waals surface area contributed by atoms with Crippen LogP contribution < -0.4 is 5.32 Å². The van der Waals surface area contributed by atoms with Crippen molar-refractivity contribution in [1.82, 2.24) is 5.32 Å². The van der Waals surface area contributed by atoms with E-state index in [9.17, 15) is 0 Å². The van der Waals surface area contributed by atoms with Crippen LogP contribution in [0.4, 0.5) is 0 Å². The summed E-state index contributed by atoms with van der Waals surface area (Å²) in [5.41, 5.74) is 4.21. The minimum Gasteiger partial charge on any atom is -0.307 e. The number of rotatable bonds is 4. The predicted molar refractivity (Wildman–Crippen MR) is 92.6 cm³/mol. The van der Waals surface area contributed by atoms with Crippen molar-refractivity contribution in [3.63, 3.8) is 0 Å². The molecule has 0 amide bonds. The first-order valence-electron chi connectivity index (χ1n) is 7.70. The molecule has 2 aromatic rings. The second-order valence-corrected chi connectivity index (χ2v) is 7.04. The van der Waals surface area contributed by atoms with Crippen LogP contribution in [0.25, 0.3) is 0 Å². The van der Waals surface area contributed by atoms with Gasteiger partial charge in [0.15, 0.2) is 0 Å². The van der Waals surface area contributed by atoms with E-state index in [0.29, 0.717) is 12.1 Å². The van der Waals surface area contributed by atoms with E-state index in [1.807, 2.05) is 0 Å². The Labute approximate surface area is 135 Å². The van der Waals surface area contributed by atoms with Crippen molar-refractivity contribution in [1.29, 1.82) is 0 Å². The van der Waals surface area contributed by atoms with E-state index in [4.69, 9.17) is 0 Å². The molecule has 0 radical (unpaired) electrons. The molecule has 1 saturated carbocycles. The van der Waals surface area contributed by atoms with Crippen LogP contribution in [-0.2, 0) is 0 Å². The summed E-state index contributed by atoms with van der Waals surface area (Å²) in [5, 5.41) is 3.76. The molecule has 1 atom stereocenters. The fourth-order valence-electron chi connectivity index (χ4n) is 3.22. The average Bonchev–Trinajstić information content (AvgIpc) is 2.42. The van der Waals surface area contributed by atoms with Crippen LogP contribution in [0.15, 0.2) is 53.0 Å². The zero-order valence-corrected chi connectivity index (χ0v) is 14.2. The van der Waals surface area contributed by atoms with Crippen LogP contribution in [0.1, 0.15) is 48.4 Å². The molecule has 0 unspecified atom stereocenters. The Hall–Kier alpha value is -1.12. The predicted octanol–water partition coefficient (Wildman–Crippen LogP) is 5.35. The molecule has 1 N–H and O–H groups in total. The second kappa shape index (κ2) is 6.33. The molecule has 2 heteroatoms. The largest absolute Gasteiger partial charge is 0.307 e. The molecule has 0 bridgehead atoms. The highest BCUT2D eigenvalue weighted by atomic mass is 79.9. The maximum absolute atomic E-state index is 3.76. The summed E-state index contributed by atoms with van der Waals surface area (Å²) in [4.78, 5) is 0. The molecule has 2 aromatic carbocycles. The molecule has 1 nitrogen and oxygen atoms in total. The molecule has 21 heavy (non-hydrogen) atoms. The van der Waals surface area contributed by atoms with E-state index in [1.54, 1.807) is 0 Å². The van der Waals surface area contributed by atoms with Crippen molar-refractivity contribution in [2.75, 3.05) is 0 Å². The monoisotopic (exact) mass is 343 g/mol. The molecule has 1 fully saturated rings. The van der Waals surface area contributed by atoms with Gasteiger partial charge in [-0.2, -0.15) is 0 Å². The van der Waals surface area contributed by atoms with Gasteiger partial charge in [0, 0.05) is 16.6 Å². The molecule has 0 saturated heterocycles. The molecule has 0 spiro atoms. The van der Waals surface area contributed by atoms with Crippen LogP contribution in [0, 0.1) is 6.92 Å². The van der Waals surface area contributed by atoms with Gasteiger partial charge in [-0.3, -0.25) is 0 Å². The molecule has 0 heterocycles. The van der Waals surface area contributed by atoms with E-state index in [-0.39, 0.29) is 0 Å². The summed E-state index contributed by atoms with van der Waals surface area (Å²) < 4.78 is 1.19. The van der Waals surface area contributed by atoms with Gasteiger partial charge in [0.1, 0.15) is 0 Å². The minimum atomic E-state index is 0.393. The van der Waals surface area contributed by atoms with Crippen LogP contribution >= 0.6 is 15.9 Å². The van der Waals surface area contributed by atoms with Crippen molar-refractivity contribution in [2.24, 2.45) is 0 Å². The molecule has 110 valence electrons. The first kappa shape index (κ1) is 14.8. The van der Waals surface area contributed by atoms with Gasteiger partial charge in [-0.15, -0.1) is 0 Å². The Morgan fingerprint density at radius 2 is 1.86 bits per heavy atom. The number of nitrogens with one attached hydrogen (secondary N) is 1. The first-order chi connectivity index (χ1) is 10.1. The summed E-state index contributed by atoms with van der Waals surface area (Å²) in [6.07, 6.45) is 2.50. The minimum absolute atomic E-state index is 0.393. The molecule has 0 aliphatic heterocycles. The van der Waals surface area contributed by atoms with E-state index >= 15 is 0 Å². The number of aryl methyl sites for hydroxylation is 1. The van der Waals surface area contributed by atoms with Gasteiger partial charge in [0.25, 0.3) is 0 Å². The Bertz CT molecular complexity index is 616. The lowest BCUT2D eigenvalue weighted by atomic mass is 9.75. The number of hydrogen-bond donors (Lipinski definition) is 1. The fourth-order valence-corrected chi connectivity index (χ4v) is 3.85. The van der Waals surface area contributed by atoms with Crippen molar-refractivity contribution in [2.45, 2.75) is 44.7 Å².